The summed E-state index contributed by atoms with van der Waals surface area (Å²) in [5.41, 5.74) is 0.285. The van der Waals surface area contributed by atoms with Gasteiger partial charge in [0.05, 0.1) is 6.17 Å². The Morgan fingerprint density at radius 2 is 2.13 bits per heavy atom. The Hall–Kier alpha value is -1.29. The van der Waals surface area contributed by atoms with Crippen LogP contribution in [0.1, 0.15) is 19.3 Å². The van der Waals surface area contributed by atoms with E-state index in [0.29, 0.717) is 0 Å². The van der Waals surface area contributed by atoms with Crippen molar-refractivity contribution in [2.24, 2.45) is 0 Å². The lowest BCUT2D eigenvalue weighted by Crippen LogP contribution is -2.48. The molecule has 1 saturated heterocycles. The molecule has 2 N–H and O–H groups in total. The van der Waals surface area contributed by atoms with Crippen LogP contribution in [0.2, 0.25) is 0 Å². The molecule has 0 aliphatic carbocycles. The normalized spacial score (nSPS) is 26.9. The number of allylic oxidation sites excluding steroid dienone is 2. The molecule has 0 aromatic rings. The van der Waals surface area contributed by atoms with Crippen molar-refractivity contribution >= 4 is 5.97 Å². The molecule has 1 atom stereocenters. The van der Waals surface area contributed by atoms with E-state index in [0.717, 1.165) is 13.1 Å². The molecule has 0 aromatic carbocycles. The molecule has 2 heterocycles. The number of carbonyl (C=O) groups is 1. The van der Waals surface area contributed by atoms with Gasteiger partial charge in [-0.05, 0) is 25.0 Å². The van der Waals surface area contributed by atoms with Crippen molar-refractivity contribution < 1.29 is 9.90 Å². The van der Waals surface area contributed by atoms with E-state index in [-0.39, 0.29) is 11.9 Å². The lowest BCUT2D eigenvalue weighted by molar-refractivity contribution is -0.133. The standard InChI is InChI=1S/C11H16N2O2/c14-11(15)9-5-4-6-10(12-9)13-7-2-1-3-8-13/h4-6,10,12H,1-3,7-8H2,(H,14,15). The van der Waals surface area contributed by atoms with Gasteiger partial charge in [0, 0.05) is 13.1 Å². The summed E-state index contributed by atoms with van der Waals surface area (Å²) >= 11 is 0. The minimum Gasteiger partial charge on any atom is -0.477 e. The average molecular weight is 208 g/mol. The summed E-state index contributed by atoms with van der Waals surface area (Å²) in [5, 5.41) is 11.9. The molecule has 2 rings (SSSR count). The molecule has 15 heavy (non-hydrogen) atoms. The molecule has 0 saturated carbocycles. The molecule has 2 aliphatic heterocycles. The number of dihydropyridines is 1. The van der Waals surface area contributed by atoms with Crippen molar-refractivity contribution in [3.63, 3.8) is 0 Å². The van der Waals surface area contributed by atoms with Crippen LogP contribution >= 0.6 is 0 Å². The van der Waals surface area contributed by atoms with E-state index in [2.05, 4.69) is 10.2 Å². The van der Waals surface area contributed by atoms with Gasteiger partial charge in [-0.3, -0.25) is 4.90 Å². The highest BCUT2D eigenvalue weighted by atomic mass is 16.4. The third kappa shape index (κ3) is 2.39. The van der Waals surface area contributed by atoms with Gasteiger partial charge in [-0.15, -0.1) is 0 Å². The maximum atomic E-state index is 10.8. The van der Waals surface area contributed by atoms with Crippen LogP contribution in [0.3, 0.4) is 0 Å². The minimum absolute atomic E-state index is 0.0569. The van der Waals surface area contributed by atoms with Gasteiger partial charge >= 0.3 is 5.97 Å². The quantitative estimate of drug-likeness (QED) is 0.708. The van der Waals surface area contributed by atoms with E-state index < -0.39 is 5.97 Å². The molecule has 4 nitrogen and oxygen atoms in total. The van der Waals surface area contributed by atoms with E-state index in [9.17, 15) is 4.79 Å². The number of nitrogens with one attached hydrogen (secondary N) is 1. The van der Waals surface area contributed by atoms with Crippen LogP contribution in [0.15, 0.2) is 23.9 Å². The first-order chi connectivity index (χ1) is 7.27. The maximum absolute atomic E-state index is 10.8. The Labute approximate surface area is 89.3 Å². The molecular weight excluding hydrogens is 192 g/mol. The van der Waals surface area contributed by atoms with Crippen LogP contribution in [0, 0.1) is 0 Å². The van der Waals surface area contributed by atoms with Crippen molar-refractivity contribution in [1.29, 1.82) is 0 Å². The van der Waals surface area contributed by atoms with E-state index in [4.69, 9.17) is 5.11 Å². The first-order valence-electron chi connectivity index (χ1n) is 5.40. The fourth-order valence-electron chi connectivity index (χ4n) is 2.06. The Morgan fingerprint density at radius 3 is 2.80 bits per heavy atom. The first-order valence-corrected chi connectivity index (χ1v) is 5.40. The third-order valence-corrected chi connectivity index (χ3v) is 2.87. The predicted octanol–water partition coefficient (Wildman–Crippen LogP) is 0.926. The van der Waals surface area contributed by atoms with E-state index in [1.165, 1.54) is 19.3 Å². The second kappa shape index (κ2) is 4.49. The number of piperidine rings is 1. The van der Waals surface area contributed by atoms with Gasteiger partial charge in [0.25, 0.3) is 0 Å². The number of likely N-dealkylation sites (tertiary alicyclic amines) is 1. The molecule has 0 bridgehead atoms. The molecule has 0 radical (unpaired) electrons. The Morgan fingerprint density at radius 1 is 1.40 bits per heavy atom. The third-order valence-electron chi connectivity index (χ3n) is 2.87. The van der Waals surface area contributed by atoms with Crippen LogP contribution < -0.4 is 5.32 Å². The number of aliphatic carboxylic acids is 1. The second-order valence-electron chi connectivity index (χ2n) is 3.96. The molecule has 0 aromatic heterocycles. The Bertz CT molecular complexity index is 304. The van der Waals surface area contributed by atoms with E-state index in [1.54, 1.807) is 6.08 Å². The Balaban J connectivity index is 1.98. The number of hydrogen-bond acceptors (Lipinski definition) is 3. The number of hydrogen-bond donors (Lipinski definition) is 2. The van der Waals surface area contributed by atoms with Crippen LogP contribution in [0.4, 0.5) is 0 Å². The summed E-state index contributed by atoms with van der Waals surface area (Å²) in [6, 6.07) is 0. The molecule has 82 valence electrons. The molecule has 4 heteroatoms. The van der Waals surface area contributed by atoms with E-state index >= 15 is 0 Å². The number of nitrogens with zero attached hydrogens (tertiary/aromatic N) is 1. The van der Waals surface area contributed by atoms with Gasteiger partial charge in [0.1, 0.15) is 5.70 Å². The monoisotopic (exact) mass is 208 g/mol. The number of carboxylic acids is 1. The first kappa shape index (κ1) is 10.2. The summed E-state index contributed by atoms with van der Waals surface area (Å²) in [6.07, 6.45) is 9.19. The van der Waals surface area contributed by atoms with Gasteiger partial charge in [0.15, 0.2) is 0 Å². The summed E-state index contributed by atoms with van der Waals surface area (Å²) in [7, 11) is 0. The van der Waals surface area contributed by atoms with Crippen molar-refractivity contribution in [2.45, 2.75) is 25.4 Å². The fourth-order valence-corrected chi connectivity index (χ4v) is 2.06. The van der Waals surface area contributed by atoms with Crippen LogP contribution in [-0.4, -0.2) is 35.2 Å². The Kier molecular flexibility index (Phi) is 3.06. The minimum atomic E-state index is -0.888. The van der Waals surface area contributed by atoms with Crippen LogP contribution in [0.5, 0.6) is 0 Å². The number of carboxylic acid groups (broad SMARTS) is 1. The van der Waals surface area contributed by atoms with Crippen molar-refractivity contribution in [3.05, 3.63) is 23.9 Å². The van der Waals surface area contributed by atoms with Crippen molar-refractivity contribution in [2.75, 3.05) is 13.1 Å². The van der Waals surface area contributed by atoms with Gasteiger partial charge in [-0.1, -0.05) is 12.5 Å². The topological polar surface area (TPSA) is 52.6 Å². The molecule has 1 unspecified atom stereocenters. The van der Waals surface area contributed by atoms with Gasteiger partial charge < -0.3 is 10.4 Å². The molecule has 0 amide bonds. The van der Waals surface area contributed by atoms with Crippen molar-refractivity contribution in [1.82, 2.24) is 10.2 Å². The fraction of sp³-hybridized carbons (Fsp3) is 0.545. The molecule has 1 fully saturated rings. The van der Waals surface area contributed by atoms with E-state index in [1.807, 2.05) is 12.2 Å². The lowest BCUT2D eigenvalue weighted by Gasteiger charge is -2.34. The number of rotatable bonds is 2. The highest BCUT2D eigenvalue weighted by Crippen LogP contribution is 2.14. The van der Waals surface area contributed by atoms with Gasteiger partial charge in [0.2, 0.25) is 0 Å². The van der Waals surface area contributed by atoms with Crippen LogP contribution in [-0.2, 0) is 4.79 Å². The van der Waals surface area contributed by atoms with Crippen molar-refractivity contribution in [3.8, 4) is 0 Å². The molecular formula is C11H16N2O2. The highest BCUT2D eigenvalue weighted by molar-refractivity contribution is 5.86. The second-order valence-corrected chi connectivity index (χ2v) is 3.96. The zero-order valence-corrected chi connectivity index (χ0v) is 8.65. The SMILES string of the molecule is O=C(O)C1=CC=CC(N2CCCCC2)N1. The lowest BCUT2D eigenvalue weighted by atomic mass is 10.1. The zero-order valence-electron chi connectivity index (χ0n) is 8.65. The van der Waals surface area contributed by atoms with Crippen LogP contribution in [0.25, 0.3) is 0 Å². The average Bonchev–Trinajstić information content (AvgIpc) is 2.30. The summed E-state index contributed by atoms with van der Waals surface area (Å²) in [4.78, 5) is 13.1. The summed E-state index contributed by atoms with van der Waals surface area (Å²) in [6.45, 7) is 2.10. The molecule has 2 aliphatic rings. The highest BCUT2D eigenvalue weighted by Gasteiger charge is 2.22. The van der Waals surface area contributed by atoms with Gasteiger partial charge in [-0.25, -0.2) is 4.79 Å². The van der Waals surface area contributed by atoms with Gasteiger partial charge in [-0.2, -0.15) is 0 Å². The zero-order chi connectivity index (χ0) is 10.7. The summed E-state index contributed by atoms with van der Waals surface area (Å²) < 4.78 is 0. The smallest absolute Gasteiger partial charge is 0.352 e. The maximum Gasteiger partial charge on any atom is 0.352 e. The predicted molar refractivity (Wildman–Crippen MR) is 57.2 cm³/mol. The molecule has 0 spiro atoms. The largest absolute Gasteiger partial charge is 0.477 e. The summed E-state index contributed by atoms with van der Waals surface area (Å²) in [5.74, 6) is -0.888.